The largest absolute Gasteiger partial charge is 0.391 e. The van der Waals surface area contributed by atoms with E-state index in [9.17, 15) is 9.90 Å². The van der Waals surface area contributed by atoms with E-state index >= 15 is 0 Å². The summed E-state index contributed by atoms with van der Waals surface area (Å²) in [6, 6.07) is 4.22. The minimum atomic E-state index is -0.382. The van der Waals surface area contributed by atoms with Crippen molar-refractivity contribution >= 4 is 5.91 Å². The highest BCUT2D eigenvalue weighted by molar-refractivity contribution is 5.93. The van der Waals surface area contributed by atoms with E-state index in [0.717, 1.165) is 31.4 Å². The Kier molecular flexibility index (Phi) is 3.12. The van der Waals surface area contributed by atoms with Gasteiger partial charge in [-0.05, 0) is 37.8 Å². The van der Waals surface area contributed by atoms with Gasteiger partial charge in [0.25, 0.3) is 5.91 Å². The number of hydrogen-bond donors (Lipinski definition) is 2. The van der Waals surface area contributed by atoms with Gasteiger partial charge in [-0.25, -0.2) is 0 Å². The molecule has 2 saturated carbocycles. The van der Waals surface area contributed by atoms with E-state index in [4.69, 9.17) is 0 Å². The molecule has 2 N–H and O–H groups in total. The molecule has 0 aliphatic heterocycles. The minimum Gasteiger partial charge on any atom is -0.391 e. The lowest BCUT2D eigenvalue weighted by atomic mass is 9.92. The van der Waals surface area contributed by atoms with Crippen molar-refractivity contribution in [2.75, 3.05) is 0 Å². The predicted molar refractivity (Wildman–Crippen MR) is 68.4 cm³/mol. The van der Waals surface area contributed by atoms with Gasteiger partial charge >= 0.3 is 0 Å². The van der Waals surface area contributed by atoms with Gasteiger partial charge in [-0.15, -0.1) is 0 Å². The molecule has 0 saturated heterocycles. The van der Waals surface area contributed by atoms with Crippen LogP contribution in [0.3, 0.4) is 0 Å². The Labute approximate surface area is 107 Å². The van der Waals surface area contributed by atoms with Gasteiger partial charge in [0.15, 0.2) is 0 Å². The number of aliphatic hydroxyl groups excluding tert-OH is 1. The number of rotatable bonds is 3. The second-order valence-corrected chi connectivity index (χ2v) is 5.46. The second kappa shape index (κ2) is 4.76. The lowest BCUT2D eigenvalue weighted by Gasteiger charge is -2.28. The van der Waals surface area contributed by atoms with Crippen LogP contribution in [0.2, 0.25) is 0 Å². The number of aromatic nitrogens is 1. The summed E-state index contributed by atoms with van der Waals surface area (Å²) in [6.07, 6.45) is 7.77. The number of aliphatic hydroxyl groups is 1. The van der Waals surface area contributed by atoms with Crippen LogP contribution in [0.15, 0.2) is 18.3 Å². The molecule has 0 aromatic carbocycles. The predicted octanol–water partition coefficient (Wildman–Crippen LogP) is 1.86. The fourth-order valence-corrected chi connectivity index (χ4v) is 2.78. The maximum absolute atomic E-state index is 12.2. The van der Waals surface area contributed by atoms with Gasteiger partial charge in [-0.2, -0.15) is 0 Å². The topological polar surface area (TPSA) is 54.3 Å². The Morgan fingerprint density at radius 1 is 1.28 bits per heavy atom. The summed E-state index contributed by atoms with van der Waals surface area (Å²) in [7, 11) is 0. The average molecular weight is 248 g/mol. The zero-order valence-corrected chi connectivity index (χ0v) is 10.5. The van der Waals surface area contributed by atoms with Crippen molar-refractivity contribution < 1.29 is 9.90 Å². The molecule has 1 aromatic heterocycles. The Morgan fingerprint density at radius 2 is 2.06 bits per heavy atom. The van der Waals surface area contributed by atoms with Crippen molar-refractivity contribution in [1.29, 1.82) is 0 Å². The SMILES string of the molecule is O=C(N[C@@H]1CCCC[C@H]1O)c1cccn1C1CC1. The Morgan fingerprint density at radius 3 is 2.78 bits per heavy atom. The summed E-state index contributed by atoms with van der Waals surface area (Å²) in [6.45, 7) is 0. The number of carbonyl (C=O) groups is 1. The Hall–Kier alpha value is -1.29. The highest BCUT2D eigenvalue weighted by Gasteiger charge is 2.29. The van der Waals surface area contributed by atoms with Crippen LogP contribution in [0.4, 0.5) is 0 Å². The fraction of sp³-hybridized carbons (Fsp3) is 0.643. The first kappa shape index (κ1) is 11.8. The molecule has 1 aromatic rings. The first-order chi connectivity index (χ1) is 8.75. The molecule has 1 amide bonds. The highest BCUT2D eigenvalue weighted by Crippen LogP contribution is 2.36. The van der Waals surface area contributed by atoms with Crippen molar-refractivity contribution in [3.63, 3.8) is 0 Å². The molecular formula is C14H20N2O2. The van der Waals surface area contributed by atoms with Crippen LogP contribution >= 0.6 is 0 Å². The molecule has 2 fully saturated rings. The van der Waals surface area contributed by atoms with Gasteiger partial charge in [0.05, 0.1) is 12.1 Å². The van der Waals surface area contributed by atoms with Crippen molar-refractivity contribution in [2.24, 2.45) is 0 Å². The van der Waals surface area contributed by atoms with Crippen LogP contribution in [-0.2, 0) is 0 Å². The molecule has 4 heteroatoms. The third kappa shape index (κ3) is 2.29. The third-order valence-corrected chi connectivity index (χ3v) is 4.00. The maximum Gasteiger partial charge on any atom is 0.268 e. The van der Waals surface area contributed by atoms with E-state index in [2.05, 4.69) is 9.88 Å². The number of nitrogens with zero attached hydrogens (tertiary/aromatic N) is 1. The molecule has 2 aliphatic carbocycles. The molecule has 4 nitrogen and oxygen atoms in total. The molecule has 98 valence electrons. The summed E-state index contributed by atoms with van der Waals surface area (Å²) in [5, 5.41) is 12.9. The van der Waals surface area contributed by atoms with Crippen LogP contribution in [-0.4, -0.2) is 27.7 Å². The van der Waals surface area contributed by atoms with E-state index < -0.39 is 0 Å². The van der Waals surface area contributed by atoms with Crippen LogP contribution in [0.1, 0.15) is 55.1 Å². The Bertz CT molecular complexity index is 437. The van der Waals surface area contributed by atoms with Gasteiger partial charge < -0.3 is 15.0 Å². The maximum atomic E-state index is 12.2. The van der Waals surface area contributed by atoms with Crippen molar-refractivity contribution in [1.82, 2.24) is 9.88 Å². The van der Waals surface area contributed by atoms with Crippen molar-refractivity contribution in [3.8, 4) is 0 Å². The number of nitrogens with one attached hydrogen (secondary N) is 1. The van der Waals surface area contributed by atoms with Gasteiger partial charge in [-0.3, -0.25) is 4.79 Å². The van der Waals surface area contributed by atoms with Gasteiger partial charge in [-0.1, -0.05) is 12.8 Å². The number of hydrogen-bond acceptors (Lipinski definition) is 2. The zero-order chi connectivity index (χ0) is 12.5. The molecule has 3 rings (SSSR count). The van der Waals surface area contributed by atoms with Crippen LogP contribution in [0.5, 0.6) is 0 Å². The molecule has 0 spiro atoms. The minimum absolute atomic E-state index is 0.0437. The molecule has 0 unspecified atom stereocenters. The van der Waals surface area contributed by atoms with Gasteiger partial charge in [0.1, 0.15) is 5.69 Å². The lowest BCUT2D eigenvalue weighted by molar-refractivity contribution is 0.0710. The second-order valence-electron chi connectivity index (χ2n) is 5.46. The van der Waals surface area contributed by atoms with Crippen molar-refractivity contribution in [2.45, 2.75) is 56.7 Å². The van der Waals surface area contributed by atoms with Gasteiger partial charge in [0, 0.05) is 12.2 Å². The normalized spacial score (nSPS) is 28.1. The van der Waals surface area contributed by atoms with Gasteiger partial charge in [0.2, 0.25) is 0 Å². The Balaban J connectivity index is 1.68. The average Bonchev–Trinajstić information content (AvgIpc) is 3.09. The first-order valence-corrected chi connectivity index (χ1v) is 6.91. The molecular weight excluding hydrogens is 228 g/mol. The summed E-state index contributed by atoms with van der Waals surface area (Å²) < 4.78 is 2.06. The molecule has 2 aliphatic rings. The van der Waals surface area contributed by atoms with E-state index in [1.54, 1.807) is 0 Å². The highest BCUT2D eigenvalue weighted by atomic mass is 16.3. The van der Waals surface area contributed by atoms with E-state index in [1.807, 2.05) is 18.3 Å². The third-order valence-electron chi connectivity index (χ3n) is 4.00. The molecule has 1 heterocycles. The molecule has 0 bridgehead atoms. The van der Waals surface area contributed by atoms with E-state index in [0.29, 0.717) is 6.04 Å². The summed E-state index contributed by atoms with van der Waals surface area (Å²) in [5.41, 5.74) is 0.732. The van der Waals surface area contributed by atoms with Crippen LogP contribution in [0, 0.1) is 0 Å². The first-order valence-electron chi connectivity index (χ1n) is 6.91. The molecule has 0 radical (unpaired) electrons. The van der Waals surface area contributed by atoms with E-state index in [1.165, 1.54) is 12.8 Å². The smallest absolute Gasteiger partial charge is 0.268 e. The fourth-order valence-electron chi connectivity index (χ4n) is 2.78. The quantitative estimate of drug-likeness (QED) is 0.857. The lowest BCUT2D eigenvalue weighted by Crippen LogP contribution is -2.45. The van der Waals surface area contributed by atoms with E-state index in [-0.39, 0.29) is 18.1 Å². The summed E-state index contributed by atoms with van der Waals surface area (Å²) >= 11 is 0. The monoisotopic (exact) mass is 248 g/mol. The molecule has 2 atom stereocenters. The number of carbonyl (C=O) groups excluding carboxylic acids is 1. The van der Waals surface area contributed by atoms with Crippen molar-refractivity contribution in [3.05, 3.63) is 24.0 Å². The summed E-state index contributed by atoms with van der Waals surface area (Å²) in [4.78, 5) is 12.2. The zero-order valence-electron chi connectivity index (χ0n) is 10.5. The molecule has 18 heavy (non-hydrogen) atoms. The van der Waals surface area contributed by atoms with Crippen LogP contribution in [0.25, 0.3) is 0 Å². The standard InChI is InChI=1S/C14H20N2O2/c17-13-6-2-1-4-11(13)15-14(18)12-5-3-9-16(12)10-7-8-10/h3,5,9-11,13,17H,1-2,4,6-8H2,(H,15,18)/t11-,13-/m1/s1. The van der Waals surface area contributed by atoms with Crippen LogP contribution < -0.4 is 5.32 Å². The summed E-state index contributed by atoms with van der Waals surface area (Å²) in [5.74, 6) is -0.0437. The number of amides is 1.